The van der Waals surface area contributed by atoms with Crippen LogP contribution in [0.3, 0.4) is 0 Å². The minimum absolute atomic E-state index is 0. The molecule has 51 heavy (non-hydrogen) atoms. The normalized spacial score (nSPS) is 11.0. The van der Waals surface area contributed by atoms with Crippen molar-refractivity contribution in [1.29, 1.82) is 0 Å². The second kappa shape index (κ2) is 19.1. The molecule has 1 radical (unpaired) electrons. The van der Waals surface area contributed by atoms with Crippen molar-refractivity contribution in [3.8, 4) is 11.5 Å². The number of aromatic hydroxyl groups is 2. The molecule has 0 fully saturated rings. The van der Waals surface area contributed by atoms with E-state index in [4.69, 9.17) is 0 Å². The van der Waals surface area contributed by atoms with E-state index in [1.54, 1.807) is 60.7 Å². The third-order valence-electron chi connectivity index (χ3n) is 6.14. The number of hydrogen-bond donors (Lipinski definition) is 8. The number of benzene rings is 4. The van der Waals surface area contributed by atoms with Gasteiger partial charge < -0.3 is 52.8 Å². The zero-order chi connectivity index (χ0) is 36.8. The zero-order valence-electron chi connectivity index (χ0n) is 26.6. The number of aliphatic hydroxyl groups is 2. The van der Waals surface area contributed by atoms with Gasteiger partial charge in [0.05, 0.1) is 32.7 Å². The number of carbonyl (C=O) groups excluding carboxylic acids is 2. The van der Waals surface area contributed by atoms with Crippen LogP contribution in [-0.4, -0.2) is 42.1 Å². The Balaban J connectivity index is 0.000000347. The van der Waals surface area contributed by atoms with Crippen LogP contribution in [0.15, 0.2) is 120 Å². The fraction of sp³-hybridized carbons (Fsp3) is 0.0625. The Morgan fingerprint density at radius 1 is 0.608 bits per heavy atom. The molecule has 0 saturated carbocycles. The molecule has 8 N–H and O–H groups in total. The molecule has 267 valence electrons. The van der Waals surface area contributed by atoms with E-state index in [2.05, 4.69) is 32.3 Å². The third-order valence-corrected chi connectivity index (χ3v) is 6.14. The number of phenolic OH excluding ortho intramolecular Hbond substituents is 2. The Labute approximate surface area is 300 Å². The first kappa shape index (κ1) is 40.2. The Hall–Kier alpha value is -6.99. The first-order valence-electron chi connectivity index (χ1n) is 14.2. The quantitative estimate of drug-likeness (QED) is 0.0243. The fourth-order valence-electron chi connectivity index (χ4n) is 3.70. The number of nitro benzene ring substituents is 2. The van der Waals surface area contributed by atoms with Gasteiger partial charge in [-0.25, -0.2) is 0 Å². The topological polar surface area (TPSA) is 278 Å². The van der Waals surface area contributed by atoms with Gasteiger partial charge in [0.15, 0.2) is 0 Å². The monoisotopic (exact) mass is 745 g/mol. The number of allylic oxidation sites excluding steroid dienone is 2. The van der Waals surface area contributed by atoms with Gasteiger partial charge in [0.1, 0.15) is 11.5 Å². The summed E-state index contributed by atoms with van der Waals surface area (Å²) in [6, 6.07) is 23.7. The molecular formula is C32H30CoN8O10. The molecule has 0 spiro atoms. The third kappa shape index (κ3) is 12.2. The number of anilines is 4. The van der Waals surface area contributed by atoms with Gasteiger partial charge in [-0.3, -0.25) is 29.8 Å². The SMILES string of the molecule is C/C(O)=C(/[N-]Nc1cc([N+](=O)[O-])ccc1O)C(=O)Nc1ccccc1.C/C(O)=C(/[N-]Nc1cc([N+](=O)[O-])ccc1O)C(=O)Nc1ccccc1.[Co+2]. The average molecular weight is 746 g/mol. The van der Waals surface area contributed by atoms with Crippen LogP contribution in [0.1, 0.15) is 13.8 Å². The number of aliphatic hydroxyl groups excluding tert-OH is 2. The Bertz CT molecular complexity index is 1780. The Morgan fingerprint density at radius 3 is 1.24 bits per heavy atom. The van der Waals surface area contributed by atoms with Gasteiger partial charge in [-0.15, -0.1) is 0 Å². The maximum Gasteiger partial charge on any atom is 2.00 e. The van der Waals surface area contributed by atoms with E-state index < -0.39 is 21.7 Å². The summed E-state index contributed by atoms with van der Waals surface area (Å²) in [5.41, 5.74) is 11.8. The molecule has 0 unspecified atom stereocenters. The number of carbonyl (C=O) groups is 2. The molecule has 19 heteroatoms. The summed E-state index contributed by atoms with van der Waals surface area (Å²) < 4.78 is 0. The molecule has 4 aromatic rings. The number of nitrogens with one attached hydrogen (secondary N) is 4. The Kier molecular flexibility index (Phi) is 15.1. The van der Waals surface area contributed by atoms with Crippen LogP contribution >= 0.6 is 0 Å². The summed E-state index contributed by atoms with van der Waals surface area (Å²) in [6.45, 7) is 2.52. The van der Waals surface area contributed by atoms with E-state index in [1.807, 2.05) is 0 Å². The number of nitro groups is 2. The van der Waals surface area contributed by atoms with Gasteiger partial charge in [0.25, 0.3) is 11.4 Å². The molecule has 0 bridgehead atoms. The van der Waals surface area contributed by atoms with Crippen molar-refractivity contribution in [2.24, 2.45) is 0 Å². The van der Waals surface area contributed by atoms with E-state index in [1.165, 1.54) is 13.8 Å². The molecule has 0 saturated heterocycles. The van der Waals surface area contributed by atoms with E-state index in [0.29, 0.717) is 11.4 Å². The molecular weight excluding hydrogens is 715 g/mol. The van der Waals surface area contributed by atoms with Crippen LogP contribution < -0.4 is 21.5 Å². The van der Waals surface area contributed by atoms with Crippen LogP contribution in [0, 0.1) is 20.2 Å². The molecule has 0 aliphatic rings. The number of para-hydroxylation sites is 2. The number of amides is 2. The number of hydrogen-bond acceptors (Lipinski definition) is 12. The van der Waals surface area contributed by atoms with Crippen LogP contribution in [-0.2, 0) is 26.4 Å². The van der Waals surface area contributed by atoms with Crippen molar-refractivity contribution >= 4 is 45.9 Å². The van der Waals surface area contributed by atoms with Crippen LogP contribution in [0.5, 0.6) is 11.5 Å². The molecule has 2 amide bonds. The second-order valence-electron chi connectivity index (χ2n) is 9.87. The van der Waals surface area contributed by atoms with Gasteiger partial charge in [0.2, 0.25) is 11.8 Å². The number of non-ortho nitro benzene ring substituents is 2. The summed E-state index contributed by atoms with van der Waals surface area (Å²) in [7, 11) is 0. The van der Waals surface area contributed by atoms with Crippen molar-refractivity contribution in [3.63, 3.8) is 0 Å². The van der Waals surface area contributed by atoms with Crippen molar-refractivity contribution in [1.82, 2.24) is 0 Å². The summed E-state index contributed by atoms with van der Waals surface area (Å²) >= 11 is 0. The van der Waals surface area contributed by atoms with Gasteiger partial charge in [-0.2, -0.15) is 0 Å². The Morgan fingerprint density at radius 2 is 0.941 bits per heavy atom. The van der Waals surface area contributed by atoms with Crippen LogP contribution in [0.25, 0.3) is 10.9 Å². The van der Waals surface area contributed by atoms with Gasteiger partial charge >= 0.3 is 16.8 Å². The molecule has 0 aromatic heterocycles. The summed E-state index contributed by atoms with van der Waals surface area (Å²) in [5.74, 6) is -2.72. The zero-order valence-corrected chi connectivity index (χ0v) is 27.6. The first-order chi connectivity index (χ1) is 23.8. The molecule has 18 nitrogen and oxygen atoms in total. The molecule has 0 aliphatic carbocycles. The summed E-state index contributed by atoms with van der Waals surface area (Å²) in [5, 5.41) is 65.4. The number of phenols is 2. The minimum Gasteiger partial charge on any atom is -0.590 e. The average Bonchev–Trinajstić information content (AvgIpc) is 3.07. The predicted molar refractivity (Wildman–Crippen MR) is 184 cm³/mol. The number of nitrogens with zero attached hydrogens (tertiary/aromatic N) is 4. The van der Waals surface area contributed by atoms with Gasteiger partial charge in [-0.1, -0.05) is 36.4 Å². The maximum atomic E-state index is 12.2. The van der Waals surface area contributed by atoms with Crippen molar-refractivity contribution < 1.29 is 56.6 Å². The molecule has 0 heterocycles. The van der Waals surface area contributed by atoms with Crippen LogP contribution in [0.2, 0.25) is 0 Å². The van der Waals surface area contributed by atoms with E-state index in [0.717, 1.165) is 36.4 Å². The smallest absolute Gasteiger partial charge is 0.590 e. The van der Waals surface area contributed by atoms with E-state index in [9.17, 15) is 50.2 Å². The molecule has 4 aromatic carbocycles. The van der Waals surface area contributed by atoms with E-state index >= 15 is 0 Å². The minimum atomic E-state index is -0.691. The fourth-order valence-corrected chi connectivity index (χ4v) is 3.70. The molecule has 0 atom stereocenters. The van der Waals surface area contributed by atoms with Gasteiger partial charge in [-0.05, 0) is 61.6 Å². The van der Waals surface area contributed by atoms with Crippen molar-refractivity contribution in [2.45, 2.75) is 13.8 Å². The standard InChI is InChI=1S/2C16H15N4O5.Co/c2*1-10(21)15(16(23)17-11-5-3-2-4-6-11)19-18-13-9-12(20(24)25)7-8-14(13)22;/h2*2-9,18,22H,1H3,(H2,17,21,23);/q2*-1;+2. The van der Waals surface area contributed by atoms with Crippen molar-refractivity contribution in [2.75, 3.05) is 21.5 Å². The first-order valence-corrected chi connectivity index (χ1v) is 14.2. The predicted octanol–water partition coefficient (Wildman–Crippen LogP) is 6.86. The van der Waals surface area contributed by atoms with E-state index in [-0.39, 0.29) is 73.9 Å². The molecule has 0 aliphatic heterocycles. The van der Waals surface area contributed by atoms with Gasteiger partial charge in [0, 0.05) is 35.6 Å². The maximum absolute atomic E-state index is 12.2. The largest absolute Gasteiger partial charge is 2.00 e. The second-order valence-corrected chi connectivity index (χ2v) is 9.87. The summed E-state index contributed by atoms with van der Waals surface area (Å²) in [4.78, 5) is 44.7. The van der Waals surface area contributed by atoms with Crippen LogP contribution in [0.4, 0.5) is 34.1 Å². The summed E-state index contributed by atoms with van der Waals surface area (Å²) in [6.07, 6.45) is 0. The van der Waals surface area contributed by atoms with Crippen molar-refractivity contribution in [3.05, 3.63) is 151 Å². The molecule has 4 rings (SSSR count). The number of rotatable bonds is 12.